The topological polar surface area (TPSA) is 35.5 Å². The average Bonchev–Trinajstić information content (AvgIpc) is 3.04. The van der Waals surface area contributed by atoms with Crippen LogP contribution in [0.15, 0.2) is 24.3 Å². The zero-order valence-electron chi connectivity index (χ0n) is 15.9. The van der Waals surface area contributed by atoms with Crippen LogP contribution < -0.4 is 4.74 Å². The van der Waals surface area contributed by atoms with Crippen molar-refractivity contribution in [3.8, 4) is 5.75 Å². The molecule has 2 aliphatic rings. The third kappa shape index (κ3) is 3.15. The maximum Gasteiger partial charge on any atom is 0.196 e. The van der Waals surface area contributed by atoms with Crippen LogP contribution in [0.2, 0.25) is 0 Å². The SMILES string of the molecule is CCCC[C@]12Cc3cc(OC(C)OC)ccc3C1=CC(=O)[C@H]2CCC. The number of fused-ring (bicyclic) bond motifs is 3. The van der Waals surface area contributed by atoms with Crippen molar-refractivity contribution in [1.29, 1.82) is 0 Å². The standard InChI is InChI=1S/C22H30O3/c1-5-7-11-22-14-16-12-17(25-15(3)24-4)9-10-18(16)20(22)13-21(23)19(22)8-6-2/h9-10,12-13,15,19H,5-8,11,14H2,1-4H3/t15?,19-,22-/m1/s1. The maximum atomic E-state index is 12.7. The second-order valence-corrected chi connectivity index (χ2v) is 7.48. The fourth-order valence-electron chi connectivity index (χ4n) is 4.64. The molecule has 3 rings (SSSR count). The smallest absolute Gasteiger partial charge is 0.196 e. The predicted octanol–water partition coefficient (Wildman–Crippen LogP) is 5.17. The summed E-state index contributed by atoms with van der Waals surface area (Å²) in [5, 5.41) is 0. The minimum atomic E-state index is -0.262. The van der Waals surface area contributed by atoms with Gasteiger partial charge in [0, 0.05) is 18.4 Å². The number of carbonyl (C=O) groups excluding carboxylic acids is 1. The van der Waals surface area contributed by atoms with Crippen molar-refractivity contribution in [2.45, 2.75) is 65.6 Å². The van der Waals surface area contributed by atoms with Gasteiger partial charge in [-0.3, -0.25) is 4.79 Å². The normalized spacial score (nSPS) is 25.5. The van der Waals surface area contributed by atoms with Crippen molar-refractivity contribution in [3.63, 3.8) is 0 Å². The number of ketones is 1. The van der Waals surface area contributed by atoms with E-state index in [1.54, 1.807) is 7.11 Å². The molecule has 0 bridgehead atoms. The molecule has 0 radical (unpaired) electrons. The molecular formula is C22H30O3. The van der Waals surface area contributed by atoms with E-state index in [-0.39, 0.29) is 17.6 Å². The van der Waals surface area contributed by atoms with Gasteiger partial charge in [-0.1, -0.05) is 39.2 Å². The van der Waals surface area contributed by atoms with E-state index in [0.29, 0.717) is 5.78 Å². The lowest BCUT2D eigenvalue weighted by Gasteiger charge is -2.33. The van der Waals surface area contributed by atoms with Crippen molar-refractivity contribution < 1.29 is 14.3 Å². The largest absolute Gasteiger partial charge is 0.465 e. The zero-order chi connectivity index (χ0) is 18.0. The minimum Gasteiger partial charge on any atom is -0.465 e. The van der Waals surface area contributed by atoms with Crippen LogP contribution in [0.4, 0.5) is 0 Å². The number of allylic oxidation sites excluding steroid dienone is 2. The molecule has 0 N–H and O–H groups in total. The molecule has 1 aromatic carbocycles. The molecule has 25 heavy (non-hydrogen) atoms. The Hall–Kier alpha value is -1.61. The number of rotatable bonds is 8. The van der Waals surface area contributed by atoms with Crippen LogP contribution >= 0.6 is 0 Å². The van der Waals surface area contributed by atoms with Crippen LogP contribution in [0.3, 0.4) is 0 Å². The fraction of sp³-hybridized carbons (Fsp3) is 0.591. The molecule has 136 valence electrons. The third-order valence-corrected chi connectivity index (χ3v) is 5.89. The highest BCUT2D eigenvalue weighted by Gasteiger charge is 2.52. The molecule has 1 unspecified atom stereocenters. The predicted molar refractivity (Wildman–Crippen MR) is 101 cm³/mol. The molecule has 1 aromatic rings. The van der Waals surface area contributed by atoms with E-state index in [2.05, 4.69) is 26.0 Å². The lowest BCUT2D eigenvalue weighted by atomic mass is 9.68. The molecule has 0 aliphatic heterocycles. The summed E-state index contributed by atoms with van der Waals surface area (Å²) >= 11 is 0. The lowest BCUT2D eigenvalue weighted by Crippen LogP contribution is -2.31. The van der Waals surface area contributed by atoms with Crippen molar-refractivity contribution in [2.75, 3.05) is 7.11 Å². The monoisotopic (exact) mass is 342 g/mol. The highest BCUT2D eigenvalue weighted by Crippen LogP contribution is 2.59. The Morgan fingerprint density at radius 2 is 2.08 bits per heavy atom. The maximum absolute atomic E-state index is 12.7. The van der Waals surface area contributed by atoms with Crippen LogP contribution in [0.1, 0.15) is 64.0 Å². The van der Waals surface area contributed by atoms with Gasteiger partial charge in [-0.15, -0.1) is 0 Å². The van der Waals surface area contributed by atoms with E-state index < -0.39 is 0 Å². The molecule has 0 amide bonds. The van der Waals surface area contributed by atoms with Gasteiger partial charge in [0.25, 0.3) is 0 Å². The Labute approximate surface area is 151 Å². The van der Waals surface area contributed by atoms with E-state index in [1.807, 2.05) is 19.1 Å². The molecule has 3 heteroatoms. The van der Waals surface area contributed by atoms with Gasteiger partial charge < -0.3 is 9.47 Å². The molecule has 0 heterocycles. The van der Waals surface area contributed by atoms with Gasteiger partial charge in [0.1, 0.15) is 5.75 Å². The number of benzene rings is 1. The number of methoxy groups -OCH3 is 1. The van der Waals surface area contributed by atoms with Gasteiger partial charge in [-0.2, -0.15) is 0 Å². The summed E-state index contributed by atoms with van der Waals surface area (Å²) in [7, 11) is 1.65. The van der Waals surface area contributed by atoms with Crippen molar-refractivity contribution in [3.05, 3.63) is 35.4 Å². The first kappa shape index (κ1) is 18.2. The Bertz CT molecular complexity index is 676. The van der Waals surface area contributed by atoms with E-state index in [4.69, 9.17) is 9.47 Å². The van der Waals surface area contributed by atoms with Crippen molar-refractivity contribution in [2.24, 2.45) is 11.3 Å². The number of hydrogen-bond donors (Lipinski definition) is 0. The van der Waals surface area contributed by atoms with E-state index in [1.165, 1.54) is 23.1 Å². The first-order valence-corrected chi connectivity index (χ1v) is 9.64. The summed E-state index contributed by atoms with van der Waals surface area (Å²) in [5.41, 5.74) is 3.86. The number of carbonyl (C=O) groups is 1. The molecule has 3 atom stereocenters. The second kappa shape index (κ2) is 7.33. The Kier molecular flexibility index (Phi) is 5.33. The molecule has 0 fully saturated rings. The zero-order valence-corrected chi connectivity index (χ0v) is 15.9. The third-order valence-electron chi connectivity index (χ3n) is 5.89. The Balaban J connectivity index is 1.96. The Morgan fingerprint density at radius 1 is 1.28 bits per heavy atom. The molecular weight excluding hydrogens is 312 g/mol. The van der Waals surface area contributed by atoms with Gasteiger partial charge in [-0.05, 0) is 61.1 Å². The van der Waals surface area contributed by atoms with E-state index >= 15 is 0 Å². The van der Waals surface area contributed by atoms with Crippen molar-refractivity contribution >= 4 is 11.4 Å². The molecule has 0 saturated heterocycles. The number of ether oxygens (including phenoxy) is 2. The number of unbranched alkanes of at least 4 members (excludes halogenated alkanes) is 1. The van der Waals surface area contributed by atoms with E-state index in [9.17, 15) is 4.79 Å². The average molecular weight is 342 g/mol. The quantitative estimate of drug-likeness (QED) is 0.611. The molecule has 0 aromatic heterocycles. The van der Waals surface area contributed by atoms with Gasteiger partial charge in [0.15, 0.2) is 12.1 Å². The highest BCUT2D eigenvalue weighted by molar-refractivity contribution is 6.07. The summed E-state index contributed by atoms with van der Waals surface area (Å²) in [6, 6.07) is 6.28. The fourth-order valence-corrected chi connectivity index (χ4v) is 4.64. The summed E-state index contributed by atoms with van der Waals surface area (Å²) in [6.07, 6.45) is 8.12. The number of hydrogen-bond acceptors (Lipinski definition) is 3. The van der Waals surface area contributed by atoms with Crippen LogP contribution in [0.5, 0.6) is 5.75 Å². The summed E-state index contributed by atoms with van der Waals surface area (Å²) in [5.74, 6) is 1.33. The summed E-state index contributed by atoms with van der Waals surface area (Å²) in [4.78, 5) is 12.7. The lowest BCUT2D eigenvalue weighted by molar-refractivity contribution is -0.120. The minimum absolute atomic E-state index is 0.0108. The molecule has 0 saturated carbocycles. The summed E-state index contributed by atoms with van der Waals surface area (Å²) in [6.45, 7) is 6.30. The van der Waals surface area contributed by atoms with Crippen LogP contribution in [-0.2, 0) is 16.0 Å². The van der Waals surface area contributed by atoms with Crippen molar-refractivity contribution in [1.82, 2.24) is 0 Å². The first-order chi connectivity index (χ1) is 12.1. The van der Waals surface area contributed by atoms with Crippen LogP contribution in [0, 0.1) is 11.3 Å². The molecule has 2 aliphatic carbocycles. The van der Waals surface area contributed by atoms with Gasteiger partial charge in [-0.25, -0.2) is 0 Å². The van der Waals surface area contributed by atoms with Crippen LogP contribution in [0.25, 0.3) is 5.57 Å². The van der Waals surface area contributed by atoms with Crippen LogP contribution in [-0.4, -0.2) is 19.2 Å². The first-order valence-electron chi connectivity index (χ1n) is 9.64. The molecule has 3 nitrogen and oxygen atoms in total. The summed E-state index contributed by atoms with van der Waals surface area (Å²) < 4.78 is 11.0. The van der Waals surface area contributed by atoms with Gasteiger partial charge in [0.2, 0.25) is 0 Å². The van der Waals surface area contributed by atoms with Gasteiger partial charge in [0.05, 0.1) is 0 Å². The highest BCUT2D eigenvalue weighted by atomic mass is 16.7. The Morgan fingerprint density at radius 3 is 2.76 bits per heavy atom. The second-order valence-electron chi connectivity index (χ2n) is 7.48. The van der Waals surface area contributed by atoms with Gasteiger partial charge >= 0.3 is 0 Å². The molecule has 0 spiro atoms. The van der Waals surface area contributed by atoms with E-state index in [0.717, 1.165) is 37.9 Å².